The van der Waals surface area contributed by atoms with Crippen LogP contribution in [0.25, 0.3) is 21.5 Å². The molecule has 61 heavy (non-hydrogen) atoms. The summed E-state index contributed by atoms with van der Waals surface area (Å²) in [5, 5.41) is 4.87. The van der Waals surface area contributed by atoms with Crippen molar-refractivity contribution in [3.63, 3.8) is 0 Å². The van der Waals surface area contributed by atoms with Gasteiger partial charge in [0.15, 0.2) is 0 Å². The van der Waals surface area contributed by atoms with Crippen LogP contribution in [0.5, 0.6) is 0 Å². The van der Waals surface area contributed by atoms with Gasteiger partial charge in [0.05, 0.1) is 34.1 Å². The van der Waals surface area contributed by atoms with Crippen LogP contribution in [0.4, 0.5) is 68.2 Å². The maximum Gasteiger partial charge on any atom is 0.252 e. The van der Waals surface area contributed by atoms with Crippen molar-refractivity contribution < 1.29 is 0 Å². The van der Waals surface area contributed by atoms with E-state index >= 15 is 0 Å². The molecule has 10 aromatic carbocycles. The molecule has 3 aliphatic rings. The molecular formula is C56H37BN4. The molecule has 0 fully saturated rings. The Balaban J connectivity index is 1.24. The lowest BCUT2D eigenvalue weighted by Gasteiger charge is -2.49. The Morgan fingerprint density at radius 3 is 1.33 bits per heavy atom. The Bertz CT molecular complexity index is 3340. The van der Waals surface area contributed by atoms with Crippen LogP contribution in [-0.2, 0) is 0 Å². The highest BCUT2D eigenvalue weighted by Gasteiger charge is 2.47. The number of rotatable bonds is 4. The fourth-order valence-corrected chi connectivity index (χ4v) is 10.4. The standard InChI is InChI=1S/C56H37BN4/c1-4-22-41(23-5-1)58-48-30-14-12-28-45(48)57-46-29-13-15-31-49(46)59(42-24-6-2-7-25-42)56-54(57)52(58)37-53-55(56)60(43-26-8-3-9-27-43)50-32-16-17-33-51(50)61(53)47-34-18-21-40-35-38-19-10-11-20-39(38)36-44(40)47/h1-37H. The molecule has 0 atom stereocenters. The van der Waals surface area contributed by atoms with E-state index in [1.54, 1.807) is 0 Å². The van der Waals surface area contributed by atoms with E-state index in [2.05, 4.69) is 244 Å². The third kappa shape index (κ3) is 4.95. The number of para-hydroxylation sites is 7. The van der Waals surface area contributed by atoms with Gasteiger partial charge in [-0.15, -0.1) is 0 Å². The second-order valence-electron chi connectivity index (χ2n) is 16.1. The lowest BCUT2D eigenvalue weighted by molar-refractivity contribution is 1.15. The molecule has 0 bridgehead atoms. The van der Waals surface area contributed by atoms with Crippen molar-refractivity contribution in [3.8, 4) is 0 Å². The lowest BCUT2D eigenvalue weighted by atomic mass is 9.33. The number of hydrogen-bond acceptors (Lipinski definition) is 4. The highest BCUT2D eigenvalue weighted by atomic mass is 15.3. The van der Waals surface area contributed by atoms with Crippen molar-refractivity contribution in [2.24, 2.45) is 0 Å². The Kier molecular flexibility index (Phi) is 7.37. The SMILES string of the molecule is c1ccc(N2c3ccccc3B3c4ccccc4N(c4ccccc4)c4c3c2cc2c4N(c3ccccc3)c3ccccc3N2c2cccc3cc4ccccc4cc23)cc1. The zero-order valence-electron chi connectivity index (χ0n) is 33.2. The minimum atomic E-state index is -0.0187. The summed E-state index contributed by atoms with van der Waals surface area (Å²) < 4.78 is 0. The van der Waals surface area contributed by atoms with Crippen molar-refractivity contribution in [2.45, 2.75) is 0 Å². The summed E-state index contributed by atoms with van der Waals surface area (Å²) in [4.78, 5) is 10.1. The first-order chi connectivity index (χ1) is 30.3. The summed E-state index contributed by atoms with van der Waals surface area (Å²) in [5.41, 5.74) is 17.6. The van der Waals surface area contributed by atoms with E-state index < -0.39 is 0 Å². The molecule has 3 heterocycles. The normalized spacial score (nSPS) is 13.4. The number of nitrogens with zero attached hydrogens (tertiary/aromatic N) is 4. The van der Waals surface area contributed by atoms with Crippen LogP contribution in [0.15, 0.2) is 224 Å². The fourth-order valence-electron chi connectivity index (χ4n) is 10.4. The largest absolute Gasteiger partial charge is 0.311 e. The second-order valence-corrected chi connectivity index (χ2v) is 16.1. The molecule has 0 saturated heterocycles. The van der Waals surface area contributed by atoms with E-state index in [4.69, 9.17) is 0 Å². The fraction of sp³-hybridized carbons (Fsp3) is 0. The average Bonchev–Trinajstić information content (AvgIpc) is 3.33. The molecule has 0 unspecified atom stereocenters. The number of benzene rings is 10. The average molecular weight is 777 g/mol. The molecule has 10 aromatic rings. The van der Waals surface area contributed by atoms with Crippen molar-refractivity contribution in [1.29, 1.82) is 0 Å². The number of fused-ring (bicyclic) bond motifs is 9. The van der Waals surface area contributed by atoms with Crippen LogP contribution in [0, 0.1) is 0 Å². The van der Waals surface area contributed by atoms with Crippen molar-refractivity contribution in [3.05, 3.63) is 224 Å². The first-order valence-corrected chi connectivity index (χ1v) is 21.1. The molecule has 0 N–H and O–H groups in total. The first-order valence-electron chi connectivity index (χ1n) is 21.1. The molecule has 13 rings (SSSR count). The minimum Gasteiger partial charge on any atom is -0.311 e. The van der Waals surface area contributed by atoms with Crippen LogP contribution >= 0.6 is 0 Å². The van der Waals surface area contributed by atoms with Gasteiger partial charge in [-0.2, -0.15) is 0 Å². The summed E-state index contributed by atoms with van der Waals surface area (Å²) in [6.07, 6.45) is 0. The lowest BCUT2D eigenvalue weighted by Crippen LogP contribution is -2.61. The van der Waals surface area contributed by atoms with Gasteiger partial charge in [-0.1, -0.05) is 140 Å². The summed E-state index contributed by atoms with van der Waals surface area (Å²) >= 11 is 0. The maximum absolute atomic E-state index is 2.54. The van der Waals surface area contributed by atoms with E-state index in [0.29, 0.717) is 0 Å². The Labute approximate surface area is 355 Å². The van der Waals surface area contributed by atoms with Crippen LogP contribution in [-0.4, -0.2) is 6.71 Å². The molecule has 5 heteroatoms. The Hall–Kier alpha value is -8.02. The smallest absolute Gasteiger partial charge is 0.252 e. The number of hydrogen-bond donors (Lipinski definition) is 0. The third-order valence-corrected chi connectivity index (χ3v) is 12.8. The molecule has 284 valence electrons. The zero-order chi connectivity index (χ0) is 40.0. The van der Waals surface area contributed by atoms with Gasteiger partial charge in [-0.25, -0.2) is 0 Å². The summed E-state index contributed by atoms with van der Waals surface area (Å²) in [5.74, 6) is 0. The van der Waals surface area contributed by atoms with Gasteiger partial charge in [0, 0.05) is 39.5 Å². The molecule has 0 aromatic heterocycles. The summed E-state index contributed by atoms with van der Waals surface area (Å²) in [6.45, 7) is -0.0187. The van der Waals surface area contributed by atoms with Gasteiger partial charge in [-0.05, 0) is 117 Å². The van der Waals surface area contributed by atoms with E-state index in [-0.39, 0.29) is 6.71 Å². The monoisotopic (exact) mass is 776 g/mol. The zero-order valence-corrected chi connectivity index (χ0v) is 33.2. The van der Waals surface area contributed by atoms with Crippen LogP contribution in [0.2, 0.25) is 0 Å². The van der Waals surface area contributed by atoms with Gasteiger partial charge in [-0.3, -0.25) is 0 Å². The van der Waals surface area contributed by atoms with E-state index in [0.717, 1.165) is 45.5 Å². The van der Waals surface area contributed by atoms with Crippen LogP contribution in [0.1, 0.15) is 0 Å². The molecule has 0 spiro atoms. The van der Waals surface area contributed by atoms with E-state index in [9.17, 15) is 0 Å². The third-order valence-electron chi connectivity index (χ3n) is 12.8. The highest BCUT2D eigenvalue weighted by molar-refractivity contribution is 7.00. The highest BCUT2D eigenvalue weighted by Crippen LogP contribution is 2.61. The Morgan fingerprint density at radius 2 is 0.705 bits per heavy atom. The quantitative estimate of drug-likeness (QED) is 0.130. The maximum atomic E-state index is 2.54. The molecular weight excluding hydrogens is 739 g/mol. The topological polar surface area (TPSA) is 13.0 Å². The van der Waals surface area contributed by atoms with Crippen molar-refractivity contribution in [2.75, 3.05) is 19.6 Å². The predicted octanol–water partition coefficient (Wildman–Crippen LogP) is 13.3. The summed E-state index contributed by atoms with van der Waals surface area (Å²) in [7, 11) is 0. The molecule has 0 amide bonds. The van der Waals surface area contributed by atoms with Gasteiger partial charge in [0.1, 0.15) is 0 Å². The molecule has 3 aliphatic heterocycles. The van der Waals surface area contributed by atoms with Gasteiger partial charge < -0.3 is 19.6 Å². The van der Waals surface area contributed by atoms with E-state index in [1.165, 1.54) is 60.7 Å². The van der Waals surface area contributed by atoms with Crippen molar-refractivity contribution >= 4 is 113 Å². The first kappa shape index (κ1) is 33.9. The molecule has 0 aliphatic carbocycles. The van der Waals surface area contributed by atoms with Crippen LogP contribution < -0.4 is 36.0 Å². The predicted molar refractivity (Wildman–Crippen MR) is 258 cm³/mol. The Morgan fingerprint density at radius 1 is 0.262 bits per heavy atom. The number of anilines is 12. The molecule has 0 radical (unpaired) electrons. The van der Waals surface area contributed by atoms with Gasteiger partial charge in [0.25, 0.3) is 6.71 Å². The second kappa shape index (κ2) is 13.3. The van der Waals surface area contributed by atoms with Gasteiger partial charge >= 0.3 is 0 Å². The molecule has 0 saturated carbocycles. The van der Waals surface area contributed by atoms with Crippen LogP contribution in [0.3, 0.4) is 0 Å². The molecule has 4 nitrogen and oxygen atoms in total. The summed E-state index contributed by atoms with van der Waals surface area (Å²) in [6, 6.07) is 82.5. The minimum absolute atomic E-state index is 0.0187. The van der Waals surface area contributed by atoms with Crippen molar-refractivity contribution in [1.82, 2.24) is 0 Å². The van der Waals surface area contributed by atoms with E-state index in [1.807, 2.05) is 0 Å². The van der Waals surface area contributed by atoms with Gasteiger partial charge in [0.2, 0.25) is 0 Å².